The molecule has 1 aromatic heterocycles. The number of nitrogens with zero attached hydrogens (tertiary/aromatic N) is 1. The Labute approximate surface area is 67.1 Å². The van der Waals surface area contributed by atoms with Gasteiger partial charge in [-0.05, 0) is 0 Å². The van der Waals surface area contributed by atoms with E-state index in [0.29, 0.717) is 0 Å². The fraction of sp³-hybridized carbons (Fsp3) is 0. The van der Waals surface area contributed by atoms with Crippen molar-refractivity contribution in [3.05, 3.63) is 23.0 Å². The van der Waals surface area contributed by atoms with Crippen LogP contribution in [0.2, 0.25) is 5.02 Å². The van der Waals surface area contributed by atoms with E-state index in [1.54, 1.807) is 0 Å². The minimum absolute atomic E-state index is 0.0718. The Kier molecular flexibility index (Phi) is 1.96. The van der Waals surface area contributed by atoms with Crippen LogP contribution in [0.1, 0.15) is 10.4 Å². The molecule has 0 saturated heterocycles. The molecule has 5 heteroatoms. The van der Waals surface area contributed by atoms with Gasteiger partial charge in [0.25, 0.3) is 0 Å². The van der Waals surface area contributed by atoms with Crippen molar-refractivity contribution in [1.82, 2.24) is 4.98 Å². The summed E-state index contributed by atoms with van der Waals surface area (Å²) in [6.45, 7) is 0. The average Bonchev–Trinajstić information content (AvgIpc) is 1.85. The molecule has 0 spiro atoms. The third-order valence-electron chi connectivity index (χ3n) is 1.09. The number of aromatic carboxylic acids is 1. The summed E-state index contributed by atoms with van der Waals surface area (Å²) in [5.41, 5.74) is -0.318. The molecule has 0 aromatic carbocycles. The summed E-state index contributed by atoms with van der Waals surface area (Å²) in [7, 11) is 0. The number of carbonyl (C=O) groups is 1. The summed E-state index contributed by atoms with van der Waals surface area (Å²) < 4.78 is 0. The van der Waals surface area contributed by atoms with Gasteiger partial charge in [-0.3, -0.25) is 4.98 Å². The van der Waals surface area contributed by atoms with Crippen molar-refractivity contribution in [2.75, 3.05) is 0 Å². The number of aromatic hydroxyl groups is 1. The van der Waals surface area contributed by atoms with E-state index in [1.807, 2.05) is 0 Å². The third-order valence-corrected chi connectivity index (χ3v) is 1.38. The standard InChI is InChI=1S/C6H4ClNO3/c7-3-1-8-2-4(9)5(3)6(10)11/h1-2,9H,(H,10,11). The Balaban J connectivity index is 3.32. The van der Waals surface area contributed by atoms with Gasteiger partial charge in [-0.2, -0.15) is 0 Å². The van der Waals surface area contributed by atoms with Crippen molar-refractivity contribution in [2.45, 2.75) is 0 Å². The fourth-order valence-electron chi connectivity index (χ4n) is 0.636. The van der Waals surface area contributed by atoms with Gasteiger partial charge in [-0.25, -0.2) is 4.79 Å². The quantitative estimate of drug-likeness (QED) is 0.668. The van der Waals surface area contributed by atoms with Crippen LogP contribution < -0.4 is 0 Å². The molecule has 0 aliphatic carbocycles. The van der Waals surface area contributed by atoms with E-state index in [9.17, 15) is 4.79 Å². The molecule has 0 unspecified atom stereocenters. The van der Waals surface area contributed by atoms with Gasteiger partial charge in [0, 0.05) is 6.20 Å². The van der Waals surface area contributed by atoms with Crippen LogP contribution in [0.3, 0.4) is 0 Å². The first kappa shape index (κ1) is 7.81. The zero-order valence-electron chi connectivity index (χ0n) is 5.28. The highest BCUT2D eigenvalue weighted by Crippen LogP contribution is 2.22. The zero-order valence-corrected chi connectivity index (χ0v) is 6.04. The van der Waals surface area contributed by atoms with E-state index < -0.39 is 11.7 Å². The molecule has 0 aliphatic heterocycles. The van der Waals surface area contributed by atoms with E-state index in [0.717, 1.165) is 12.4 Å². The molecule has 0 radical (unpaired) electrons. The van der Waals surface area contributed by atoms with Gasteiger partial charge >= 0.3 is 5.97 Å². The van der Waals surface area contributed by atoms with Gasteiger partial charge in [-0.15, -0.1) is 0 Å². The molecule has 0 amide bonds. The highest BCUT2D eigenvalue weighted by atomic mass is 35.5. The van der Waals surface area contributed by atoms with E-state index in [1.165, 1.54) is 0 Å². The summed E-state index contributed by atoms with van der Waals surface area (Å²) in [6.07, 6.45) is 2.18. The van der Waals surface area contributed by atoms with E-state index in [-0.39, 0.29) is 10.6 Å². The van der Waals surface area contributed by atoms with Crippen molar-refractivity contribution in [1.29, 1.82) is 0 Å². The third kappa shape index (κ3) is 1.40. The van der Waals surface area contributed by atoms with E-state index in [4.69, 9.17) is 21.8 Å². The van der Waals surface area contributed by atoms with Gasteiger partial charge < -0.3 is 10.2 Å². The molecule has 0 atom stereocenters. The lowest BCUT2D eigenvalue weighted by molar-refractivity contribution is 0.0694. The summed E-state index contributed by atoms with van der Waals surface area (Å²) in [5, 5.41) is 17.3. The van der Waals surface area contributed by atoms with Crippen molar-refractivity contribution in [2.24, 2.45) is 0 Å². The first-order chi connectivity index (χ1) is 5.13. The van der Waals surface area contributed by atoms with Crippen LogP contribution in [-0.2, 0) is 0 Å². The van der Waals surface area contributed by atoms with Crippen LogP contribution in [0.25, 0.3) is 0 Å². The van der Waals surface area contributed by atoms with Crippen molar-refractivity contribution in [3.63, 3.8) is 0 Å². The molecule has 4 nitrogen and oxygen atoms in total. The molecule has 0 fully saturated rings. The van der Waals surface area contributed by atoms with Crippen LogP contribution in [0.4, 0.5) is 0 Å². The first-order valence-corrected chi connectivity index (χ1v) is 3.06. The van der Waals surface area contributed by atoms with Crippen LogP contribution in [0.5, 0.6) is 5.75 Å². The largest absolute Gasteiger partial charge is 0.505 e. The molecule has 1 heterocycles. The molecule has 0 aliphatic rings. The van der Waals surface area contributed by atoms with Gasteiger partial charge in [0.15, 0.2) is 0 Å². The SMILES string of the molecule is O=C(O)c1c(O)cncc1Cl. The molecule has 1 rings (SSSR count). The Morgan fingerprint density at radius 2 is 2.18 bits per heavy atom. The summed E-state index contributed by atoms with van der Waals surface area (Å²) >= 11 is 5.42. The summed E-state index contributed by atoms with van der Waals surface area (Å²) in [6, 6.07) is 0. The number of hydrogen-bond donors (Lipinski definition) is 2. The predicted octanol–water partition coefficient (Wildman–Crippen LogP) is 1.14. The van der Waals surface area contributed by atoms with Gasteiger partial charge in [0.1, 0.15) is 11.3 Å². The van der Waals surface area contributed by atoms with Crippen LogP contribution >= 0.6 is 11.6 Å². The fourth-order valence-corrected chi connectivity index (χ4v) is 0.870. The molecule has 0 saturated carbocycles. The van der Waals surface area contributed by atoms with Gasteiger partial charge in [0.05, 0.1) is 11.2 Å². The van der Waals surface area contributed by atoms with Crippen LogP contribution in [0, 0.1) is 0 Å². The van der Waals surface area contributed by atoms with Crippen molar-refractivity contribution >= 4 is 17.6 Å². The smallest absolute Gasteiger partial charge is 0.341 e. The summed E-state index contributed by atoms with van der Waals surface area (Å²) in [5.74, 6) is -1.69. The molecule has 0 bridgehead atoms. The molecule has 11 heavy (non-hydrogen) atoms. The number of pyridine rings is 1. The van der Waals surface area contributed by atoms with Crippen molar-refractivity contribution in [3.8, 4) is 5.75 Å². The van der Waals surface area contributed by atoms with Gasteiger partial charge in [0.2, 0.25) is 0 Å². The summed E-state index contributed by atoms with van der Waals surface area (Å²) in [4.78, 5) is 13.9. The average molecular weight is 174 g/mol. The molecular weight excluding hydrogens is 170 g/mol. The molecule has 58 valence electrons. The topological polar surface area (TPSA) is 70.4 Å². The number of carboxylic acid groups (broad SMARTS) is 1. The Morgan fingerprint density at radius 3 is 2.55 bits per heavy atom. The second-order valence-corrected chi connectivity index (χ2v) is 2.23. The Bertz CT molecular complexity index is 280. The highest BCUT2D eigenvalue weighted by Gasteiger charge is 2.13. The molecule has 1 aromatic rings. The molecular formula is C6H4ClNO3. The maximum absolute atomic E-state index is 10.4. The lowest BCUT2D eigenvalue weighted by Gasteiger charge is -1.98. The number of hydrogen-bond acceptors (Lipinski definition) is 3. The van der Waals surface area contributed by atoms with Gasteiger partial charge in [-0.1, -0.05) is 11.6 Å². The zero-order chi connectivity index (χ0) is 8.43. The Morgan fingerprint density at radius 1 is 1.55 bits per heavy atom. The monoisotopic (exact) mass is 173 g/mol. The minimum Gasteiger partial charge on any atom is -0.505 e. The number of rotatable bonds is 1. The number of carboxylic acids is 1. The second-order valence-electron chi connectivity index (χ2n) is 1.82. The normalized spacial score (nSPS) is 9.55. The van der Waals surface area contributed by atoms with E-state index >= 15 is 0 Å². The molecule has 2 N–H and O–H groups in total. The number of halogens is 1. The number of aromatic nitrogens is 1. The predicted molar refractivity (Wildman–Crippen MR) is 37.9 cm³/mol. The maximum atomic E-state index is 10.4. The lowest BCUT2D eigenvalue weighted by Crippen LogP contribution is -1.98. The minimum atomic E-state index is -1.27. The van der Waals surface area contributed by atoms with Crippen molar-refractivity contribution < 1.29 is 15.0 Å². The van der Waals surface area contributed by atoms with E-state index in [2.05, 4.69) is 4.98 Å². The lowest BCUT2D eigenvalue weighted by atomic mass is 10.2. The van der Waals surface area contributed by atoms with Crippen LogP contribution in [-0.4, -0.2) is 21.2 Å². The second kappa shape index (κ2) is 2.75. The van der Waals surface area contributed by atoms with Crippen LogP contribution in [0.15, 0.2) is 12.4 Å². The Hall–Kier alpha value is -1.29. The maximum Gasteiger partial charge on any atom is 0.341 e. The highest BCUT2D eigenvalue weighted by molar-refractivity contribution is 6.33. The first-order valence-electron chi connectivity index (χ1n) is 2.68.